The van der Waals surface area contributed by atoms with E-state index in [-0.39, 0.29) is 6.04 Å². The third-order valence-corrected chi connectivity index (χ3v) is 4.25. The van der Waals surface area contributed by atoms with Crippen molar-refractivity contribution in [1.29, 1.82) is 0 Å². The molecule has 1 heterocycles. The zero-order valence-electron chi connectivity index (χ0n) is 14.3. The van der Waals surface area contributed by atoms with Crippen molar-refractivity contribution in [2.45, 2.75) is 12.5 Å². The number of rotatable bonds is 7. The molecule has 0 aliphatic heterocycles. The number of thiocarbonyl (C=S) groups is 1. The highest BCUT2D eigenvalue weighted by Crippen LogP contribution is 2.22. The molecule has 24 heavy (non-hydrogen) atoms. The molecule has 0 spiro atoms. The molecule has 0 unspecified atom stereocenters. The zero-order valence-corrected chi connectivity index (χ0v) is 15.9. The lowest BCUT2D eigenvalue weighted by atomic mass is 10.1. The van der Waals surface area contributed by atoms with Gasteiger partial charge in [0, 0.05) is 37.4 Å². The van der Waals surface area contributed by atoms with Gasteiger partial charge in [0.1, 0.15) is 11.9 Å². The van der Waals surface area contributed by atoms with Crippen LogP contribution in [-0.2, 0) is 7.05 Å². The first-order valence-electron chi connectivity index (χ1n) is 8.03. The molecule has 0 saturated carbocycles. The average molecular weight is 367 g/mol. The first-order valence-corrected chi connectivity index (χ1v) is 8.82. The third-order valence-electron chi connectivity index (χ3n) is 3.73. The molecule has 2 aromatic rings. The van der Waals surface area contributed by atoms with Crippen LogP contribution in [0.4, 0.5) is 0 Å². The maximum absolute atomic E-state index is 6.01. The van der Waals surface area contributed by atoms with Crippen molar-refractivity contribution in [3.8, 4) is 0 Å². The van der Waals surface area contributed by atoms with E-state index in [1.165, 1.54) is 4.90 Å². The second-order valence-electron chi connectivity index (χ2n) is 6.09. The van der Waals surface area contributed by atoms with Gasteiger partial charge in [0.05, 0.1) is 20.6 Å². The number of aromatic nitrogens is 2. The monoisotopic (exact) mass is 366 g/mol. The van der Waals surface area contributed by atoms with E-state index in [0.717, 1.165) is 30.9 Å². The minimum atomic E-state index is -0.123. The van der Waals surface area contributed by atoms with Crippen LogP contribution in [0.2, 0.25) is 5.02 Å². The summed E-state index contributed by atoms with van der Waals surface area (Å²) >= 11 is 11.5. The Morgan fingerprint density at radius 2 is 2.04 bits per heavy atom. The van der Waals surface area contributed by atoms with E-state index in [2.05, 4.69) is 29.7 Å². The molecule has 0 saturated heterocycles. The topological polar surface area (TPSA) is 46.3 Å². The number of aryl methyl sites for hydroxylation is 1. The van der Waals surface area contributed by atoms with Gasteiger partial charge in [0.15, 0.2) is 5.11 Å². The molecule has 2 rings (SSSR count). The van der Waals surface area contributed by atoms with Crippen LogP contribution < -0.4 is 15.5 Å². The molecule has 1 atom stereocenters. The summed E-state index contributed by atoms with van der Waals surface area (Å²) < 4.78 is 1.99. The van der Waals surface area contributed by atoms with E-state index < -0.39 is 0 Å². The van der Waals surface area contributed by atoms with Crippen molar-refractivity contribution in [3.63, 3.8) is 0 Å². The van der Waals surface area contributed by atoms with Gasteiger partial charge in [-0.1, -0.05) is 23.7 Å². The van der Waals surface area contributed by atoms with Gasteiger partial charge in [0.25, 0.3) is 0 Å². The van der Waals surface area contributed by atoms with Crippen LogP contribution in [0.5, 0.6) is 0 Å². The standard InChI is InChI=1S/C17H24ClN5S/c1-22(2)11-4-9-20-17(24)21-15(16-19-10-12-23(16)3)13-5-7-14(18)8-6-13/h5-8,10,12,15H,4,9,11H2,1-3H3,(H2,20,21,24)/p+1/t15-/m1/s1. The molecule has 3 N–H and O–H groups in total. The smallest absolute Gasteiger partial charge is 0.167 e. The van der Waals surface area contributed by atoms with E-state index in [9.17, 15) is 0 Å². The van der Waals surface area contributed by atoms with Crippen LogP contribution in [0.3, 0.4) is 0 Å². The number of quaternary nitrogens is 1. The fourth-order valence-electron chi connectivity index (χ4n) is 2.43. The summed E-state index contributed by atoms with van der Waals surface area (Å²) in [7, 11) is 6.27. The Morgan fingerprint density at radius 1 is 1.33 bits per heavy atom. The molecule has 1 aromatic carbocycles. The lowest BCUT2D eigenvalue weighted by Crippen LogP contribution is -3.05. The van der Waals surface area contributed by atoms with E-state index in [0.29, 0.717) is 10.1 Å². The van der Waals surface area contributed by atoms with E-state index in [1.54, 1.807) is 6.20 Å². The molecule has 0 bridgehead atoms. The molecule has 0 aliphatic rings. The second kappa shape index (κ2) is 9.01. The van der Waals surface area contributed by atoms with Crippen LogP contribution in [-0.4, -0.2) is 41.8 Å². The number of hydrogen-bond donors (Lipinski definition) is 3. The molecular weight excluding hydrogens is 342 g/mol. The Hall–Kier alpha value is -1.63. The minimum absolute atomic E-state index is 0.123. The van der Waals surface area contributed by atoms with Gasteiger partial charge in [-0.3, -0.25) is 0 Å². The Bertz CT molecular complexity index is 653. The van der Waals surface area contributed by atoms with Gasteiger partial charge in [-0.25, -0.2) is 4.98 Å². The van der Waals surface area contributed by atoms with Gasteiger partial charge < -0.3 is 20.1 Å². The van der Waals surface area contributed by atoms with Gasteiger partial charge in [-0.15, -0.1) is 0 Å². The predicted molar refractivity (Wildman–Crippen MR) is 103 cm³/mol. The van der Waals surface area contributed by atoms with Crippen molar-refractivity contribution in [2.75, 3.05) is 27.2 Å². The molecule has 1 aromatic heterocycles. The molecule has 7 heteroatoms. The predicted octanol–water partition coefficient (Wildman–Crippen LogP) is 1.16. The van der Waals surface area contributed by atoms with Gasteiger partial charge in [-0.05, 0) is 29.9 Å². The Balaban J connectivity index is 2.05. The van der Waals surface area contributed by atoms with Crippen LogP contribution in [0.1, 0.15) is 23.9 Å². The van der Waals surface area contributed by atoms with Crippen LogP contribution in [0.15, 0.2) is 36.7 Å². The summed E-state index contributed by atoms with van der Waals surface area (Å²) in [4.78, 5) is 5.90. The van der Waals surface area contributed by atoms with Crippen molar-refractivity contribution >= 4 is 28.9 Å². The molecule has 0 radical (unpaired) electrons. The number of halogens is 1. The Labute approximate surface area is 154 Å². The number of benzene rings is 1. The number of imidazole rings is 1. The first kappa shape index (κ1) is 18.7. The zero-order chi connectivity index (χ0) is 17.5. The van der Waals surface area contributed by atoms with Crippen molar-refractivity contribution in [2.24, 2.45) is 7.05 Å². The maximum Gasteiger partial charge on any atom is 0.167 e. The molecular formula is C17H25ClN5S+. The highest BCUT2D eigenvalue weighted by atomic mass is 35.5. The summed E-state index contributed by atoms with van der Waals surface area (Å²) in [6, 6.07) is 7.62. The fraction of sp³-hybridized carbons (Fsp3) is 0.412. The van der Waals surface area contributed by atoms with Crippen LogP contribution in [0, 0.1) is 0 Å². The fourth-order valence-corrected chi connectivity index (χ4v) is 2.78. The molecule has 130 valence electrons. The molecule has 5 nitrogen and oxygen atoms in total. The van der Waals surface area contributed by atoms with E-state index in [4.69, 9.17) is 23.8 Å². The molecule has 0 fully saturated rings. The van der Waals surface area contributed by atoms with Gasteiger partial charge >= 0.3 is 0 Å². The second-order valence-corrected chi connectivity index (χ2v) is 6.94. The van der Waals surface area contributed by atoms with Gasteiger partial charge in [0.2, 0.25) is 0 Å². The lowest BCUT2D eigenvalue weighted by Gasteiger charge is -2.21. The molecule has 0 amide bonds. The Kier molecular flexibility index (Phi) is 7.02. The number of nitrogens with one attached hydrogen (secondary N) is 3. The summed E-state index contributed by atoms with van der Waals surface area (Å²) in [5, 5.41) is 7.99. The first-order chi connectivity index (χ1) is 11.5. The minimum Gasteiger partial charge on any atom is -0.362 e. The molecule has 0 aliphatic carbocycles. The van der Waals surface area contributed by atoms with Crippen molar-refractivity contribution in [3.05, 3.63) is 53.1 Å². The average Bonchev–Trinajstić information content (AvgIpc) is 2.96. The quantitative estimate of drug-likeness (QED) is 0.508. The normalized spacial score (nSPS) is 12.2. The maximum atomic E-state index is 6.01. The SMILES string of the molecule is Cn1ccnc1[C@H](NC(=S)NCCC[NH+](C)C)c1ccc(Cl)cc1. The third kappa shape index (κ3) is 5.47. The van der Waals surface area contributed by atoms with Crippen LogP contribution in [0.25, 0.3) is 0 Å². The van der Waals surface area contributed by atoms with E-state index >= 15 is 0 Å². The van der Waals surface area contributed by atoms with Crippen LogP contribution >= 0.6 is 23.8 Å². The van der Waals surface area contributed by atoms with Crippen molar-refractivity contribution < 1.29 is 4.90 Å². The van der Waals surface area contributed by atoms with E-state index in [1.807, 2.05) is 42.1 Å². The van der Waals surface area contributed by atoms with Gasteiger partial charge in [-0.2, -0.15) is 0 Å². The Morgan fingerprint density at radius 3 is 2.62 bits per heavy atom. The highest BCUT2D eigenvalue weighted by molar-refractivity contribution is 7.80. The van der Waals surface area contributed by atoms with Crippen molar-refractivity contribution in [1.82, 2.24) is 20.2 Å². The largest absolute Gasteiger partial charge is 0.362 e. The summed E-state index contributed by atoms with van der Waals surface area (Å²) in [6.07, 6.45) is 4.78. The summed E-state index contributed by atoms with van der Waals surface area (Å²) in [5.74, 6) is 0.902. The summed E-state index contributed by atoms with van der Waals surface area (Å²) in [5.41, 5.74) is 1.07. The number of nitrogens with zero attached hydrogens (tertiary/aromatic N) is 2. The highest BCUT2D eigenvalue weighted by Gasteiger charge is 2.19. The summed E-state index contributed by atoms with van der Waals surface area (Å²) in [6.45, 7) is 1.96. The lowest BCUT2D eigenvalue weighted by molar-refractivity contribution is -0.858. The number of hydrogen-bond acceptors (Lipinski definition) is 2.